The van der Waals surface area contributed by atoms with Gasteiger partial charge in [0.2, 0.25) is 5.95 Å². The number of ether oxygens (including phenoxy) is 1. The van der Waals surface area contributed by atoms with Gasteiger partial charge in [0, 0.05) is 29.7 Å². The molecule has 0 radical (unpaired) electrons. The predicted octanol–water partition coefficient (Wildman–Crippen LogP) is 3.00. The van der Waals surface area contributed by atoms with Crippen LogP contribution in [-0.2, 0) is 0 Å². The Hall–Kier alpha value is -3.30. The Morgan fingerprint density at radius 3 is 2.89 bits per heavy atom. The van der Waals surface area contributed by atoms with Gasteiger partial charge in [0.05, 0.1) is 25.4 Å². The molecule has 1 aliphatic rings. The van der Waals surface area contributed by atoms with Crippen molar-refractivity contribution in [3.05, 3.63) is 30.7 Å². The maximum Gasteiger partial charge on any atom is 0.255 e. The molecule has 28 heavy (non-hydrogen) atoms. The number of hydrogen-bond acceptors (Lipinski definition) is 7. The molecule has 4 rings (SSSR count). The van der Waals surface area contributed by atoms with Crippen LogP contribution in [0.3, 0.4) is 0 Å². The second-order valence-electron chi connectivity index (χ2n) is 6.45. The summed E-state index contributed by atoms with van der Waals surface area (Å²) >= 11 is 0. The first-order valence-corrected chi connectivity index (χ1v) is 8.79. The van der Waals surface area contributed by atoms with Gasteiger partial charge in [0.25, 0.3) is 6.43 Å². The average molecular weight is 387 g/mol. The van der Waals surface area contributed by atoms with Crippen LogP contribution in [0.25, 0.3) is 22.5 Å². The highest BCUT2D eigenvalue weighted by atomic mass is 19.3. The van der Waals surface area contributed by atoms with Crippen LogP contribution in [0.5, 0.6) is 5.75 Å². The van der Waals surface area contributed by atoms with Gasteiger partial charge in [-0.15, -0.1) is 0 Å². The Labute approximate surface area is 159 Å². The summed E-state index contributed by atoms with van der Waals surface area (Å²) < 4.78 is 32.1. The molecule has 1 saturated carbocycles. The number of nitrogens with two attached hydrogens (primary N) is 1. The molecule has 3 heterocycles. The second-order valence-corrected chi connectivity index (χ2v) is 6.45. The van der Waals surface area contributed by atoms with Gasteiger partial charge in [-0.1, -0.05) is 0 Å². The van der Waals surface area contributed by atoms with E-state index in [-0.39, 0.29) is 11.8 Å². The summed E-state index contributed by atoms with van der Waals surface area (Å²) in [5.41, 5.74) is 8.53. The number of halogens is 2. The van der Waals surface area contributed by atoms with Gasteiger partial charge in [0.1, 0.15) is 5.69 Å². The molecule has 3 aromatic heterocycles. The Morgan fingerprint density at radius 2 is 2.18 bits per heavy atom. The smallest absolute Gasteiger partial charge is 0.255 e. The molecule has 3 aromatic rings. The second kappa shape index (κ2) is 7.37. The highest BCUT2D eigenvalue weighted by Crippen LogP contribution is 2.39. The molecule has 1 fully saturated rings. The molecule has 1 aliphatic carbocycles. The highest BCUT2D eigenvalue weighted by molar-refractivity contribution is 5.79. The van der Waals surface area contributed by atoms with Crippen LogP contribution in [0, 0.1) is 0 Å². The molecular weight excluding hydrogens is 368 g/mol. The topological polar surface area (TPSA) is 104 Å². The van der Waals surface area contributed by atoms with E-state index < -0.39 is 13.0 Å². The van der Waals surface area contributed by atoms with Crippen molar-refractivity contribution in [1.82, 2.24) is 24.7 Å². The van der Waals surface area contributed by atoms with E-state index in [4.69, 9.17) is 15.6 Å². The number of pyridine rings is 1. The fourth-order valence-corrected chi connectivity index (χ4v) is 2.83. The normalized spacial score (nSPS) is 13.7. The number of nitrogens with zero attached hydrogens (tertiary/aromatic N) is 5. The maximum atomic E-state index is 12.5. The first-order chi connectivity index (χ1) is 13.5. The van der Waals surface area contributed by atoms with Gasteiger partial charge in [-0.2, -0.15) is 5.10 Å². The van der Waals surface area contributed by atoms with Gasteiger partial charge in [-0.3, -0.25) is 4.68 Å². The van der Waals surface area contributed by atoms with Crippen LogP contribution in [0.15, 0.2) is 30.7 Å². The minimum absolute atomic E-state index is 0.135. The van der Waals surface area contributed by atoms with Gasteiger partial charge in [-0.25, -0.2) is 23.7 Å². The third-order valence-electron chi connectivity index (χ3n) is 4.37. The molecule has 146 valence electrons. The zero-order chi connectivity index (χ0) is 19.7. The van der Waals surface area contributed by atoms with Crippen LogP contribution in [0.2, 0.25) is 0 Å². The highest BCUT2D eigenvalue weighted by Gasteiger charge is 2.27. The lowest BCUT2D eigenvalue weighted by molar-refractivity contribution is 0.163. The van der Waals surface area contributed by atoms with Gasteiger partial charge >= 0.3 is 0 Å². The van der Waals surface area contributed by atoms with Crippen molar-refractivity contribution in [2.75, 3.05) is 24.7 Å². The Balaban J connectivity index is 1.76. The van der Waals surface area contributed by atoms with Crippen LogP contribution in [0.4, 0.5) is 20.5 Å². The number of hydrogen-bond donors (Lipinski definition) is 2. The number of alkyl halides is 2. The van der Waals surface area contributed by atoms with E-state index in [1.807, 2.05) is 10.9 Å². The molecule has 10 heteroatoms. The van der Waals surface area contributed by atoms with Crippen molar-refractivity contribution in [3.63, 3.8) is 0 Å². The van der Waals surface area contributed by atoms with Crippen LogP contribution < -0.4 is 15.8 Å². The van der Waals surface area contributed by atoms with Gasteiger partial charge in [0.15, 0.2) is 11.6 Å². The van der Waals surface area contributed by atoms with E-state index in [1.165, 1.54) is 13.3 Å². The van der Waals surface area contributed by atoms with Crippen molar-refractivity contribution in [2.45, 2.75) is 25.3 Å². The first-order valence-electron chi connectivity index (χ1n) is 8.79. The molecule has 8 nitrogen and oxygen atoms in total. The van der Waals surface area contributed by atoms with Crippen LogP contribution in [-0.4, -0.2) is 44.8 Å². The largest absolute Gasteiger partial charge is 0.493 e. The SMILES string of the molecule is COc1cc(-c2nn(C3CC3)cc2-c2ccnc(NCC(F)F)n2)cnc1N. The third-order valence-corrected chi connectivity index (χ3v) is 4.37. The Kier molecular flexibility index (Phi) is 4.76. The Bertz CT molecular complexity index is 988. The quantitative estimate of drug-likeness (QED) is 0.642. The summed E-state index contributed by atoms with van der Waals surface area (Å²) in [5.74, 6) is 0.872. The molecule has 0 aliphatic heterocycles. The lowest BCUT2D eigenvalue weighted by atomic mass is 10.1. The summed E-state index contributed by atoms with van der Waals surface area (Å²) in [6, 6.07) is 3.84. The van der Waals surface area contributed by atoms with Crippen molar-refractivity contribution in [2.24, 2.45) is 0 Å². The van der Waals surface area contributed by atoms with Crippen LogP contribution in [0.1, 0.15) is 18.9 Å². The van der Waals surface area contributed by atoms with Crippen molar-refractivity contribution in [3.8, 4) is 28.3 Å². The van der Waals surface area contributed by atoms with E-state index >= 15 is 0 Å². The lowest BCUT2D eigenvalue weighted by Crippen LogP contribution is -2.12. The summed E-state index contributed by atoms with van der Waals surface area (Å²) in [7, 11) is 1.52. The van der Waals surface area contributed by atoms with E-state index in [1.54, 1.807) is 18.3 Å². The molecule has 0 saturated heterocycles. The molecule has 0 spiro atoms. The van der Waals surface area contributed by atoms with E-state index in [0.717, 1.165) is 24.0 Å². The number of methoxy groups -OCH3 is 1. The number of nitrogens with one attached hydrogen (secondary N) is 1. The fourth-order valence-electron chi connectivity index (χ4n) is 2.83. The average Bonchev–Trinajstić information content (AvgIpc) is 3.45. The molecular formula is C18H19F2N7O. The molecule has 3 N–H and O–H groups in total. The predicted molar refractivity (Wildman–Crippen MR) is 100 cm³/mol. The van der Waals surface area contributed by atoms with Crippen LogP contribution >= 0.6 is 0 Å². The lowest BCUT2D eigenvalue weighted by Gasteiger charge is -2.08. The van der Waals surface area contributed by atoms with Gasteiger partial charge in [-0.05, 0) is 25.0 Å². The monoisotopic (exact) mass is 387 g/mol. The summed E-state index contributed by atoms with van der Waals surface area (Å²) in [5, 5.41) is 7.24. The fraction of sp³-hybridized carbons (Fsp3) is 0.333. The standard InChI is InChI=1S/C18H19F2N7O/c1-28-14-6-10(7-23-17(14)21)16-12(9-27(26-16)11-2-3-11)13-4-5-22-18(25-13)24-8-15(19)20/h4-7,9,11,15H,2-3,8H2,1H3,(H2,21,23)(H,22,24,25). The summed E-state index contributed by atoms with van der Waals surface area (Å²) in [4.78, 5) is 12.5. The summed E-state index contributed by atoms with van der Waals surface area (Å²) in [6.45, 7) is -0.517. The van der Waals surface area contributed by atoms with Crippen molar-refractivity contribution >= 4 is 11.8 Å². The molecule has 0 atom stereocenters. The van der Waals surface area contributed by atoms with Gasteiger partial charge < -0.3 is 15.8 Å². The molecule has 0 aromatic carbocycles. The first kappa shape index (κ1) is 18.1. The third kappa shape index (κ3) is 3.71. The van der Waals surface area contributed by atoms with E-state index in [2.05, 4.69) is 20.3 Å². The zero-order valence-corrected chi connectivity index (χ0v) is 15.1. The maximum absolute atomic E-state index is 12.5. The number of aromatic nitrogens is 5. The number of rotatable bonds is 7. The summed E-state index contributed by atoms with van der Waals surface area (Å²) in [6.07, 6.45) is 4.70. The number of nitrogen functional groups attached to an aromatic ring is 1. The number of anilines is 2. The molecule has 0 amide bonds. The molecule has 0 bridgehead atoms. The Morgan fingerprint density at radius 1 is 1.36 bits per heavy atom. The van der Waals surface area contributed by atoms with E-state index in [9.17, 15) is 8.78 Å². The molecule has 0 unspecified atom stereocenters. The minimum Gasteiger partial charge on any atom is -0.493 e. The van der Waals surface area contributed by atoms with E-state index in [0.29, 0.717) is 23.2 Å². The zero-order valence-electron chi connectivity index (χ0n) is 15.1. The van der Waals surface area contributed by atoms with Crippen molar-refractivity contribution < 1.29 is 13.5 Å². The van der Waals surface area contributed by atoms with Crippen molar-refractivity contribution in [1.29, 1.82) is 0 Å². The minimum atomic E-state index is -2.49.